The van der Waals surface area contributed by atoms with E-state index in [4.69, 9.17) is 28.7 Å². The van der Waals surface area contributed by atoms with Crippen LogP contribution in [0.15, 0.2) is 48.5 Å². The van der Waals surface area contributed by atoms with Gasteiger partial charge in [-0.15, -0.1) is 0 Å². The second-order valence-corrected chi connectivity index (χ2v) is 14.2. The number of likely N-dealkylation sites (tertiary alicyclic amines) is 1. The molecule has 10 nitrogen and oxygen atoms in total. The number of halogens is 1. The number of benzene rings is 2. The number of carbonyl (C=O) groups excluding carboxylic acids is 2. The smallest absolute Gasteiger partial charge is 0.413 e. The Morgan fingerprint density at radius 2 is 1.83 bits per heavy atom. The number of aromatic nitrogens is 1. The number of amides is 2. The van der Waals surface area contributed by atoms with Crippen LogP contribution >= 0.6 is 22.6 Å². The number of fused-ring (bicyclic) bond motifs is 1. The van der Waals surface area contributed by atoms with Crippen molar-refractivity contribution >= 4 is 40.6 Å². The Labute approximate surface area is 283 Å². The normalized spacial score (nSPS) is 19.4. The zero-order valence-corrected chi connectivity index (χ0v) is 28.8. The fraction of sp³-hybridized carbons (Fsp3) is 0.457. The molecule has 46 heavy (non-hydrogen) atoms. The Hall–Kier alpha value is -3.74. The van der Waals surface area contributed by atoms with Gasteiger partial charge in [0.25, 0.3) is 0 Å². The number of anilines is 1. The van der Waals surface area contributed by atoms with Crippen LogP contribution in [0.5, 0.6) is 17.2 Å². The van der Waals surface area contributed by atoms with Crippen molar-refractivity contribution < 1.29 is 33.3 Å². The second kappa shape index (κ2) is 13.5. The van der Waals surface area contributed by atoms with Crippen molar-refractivity contribution in [3.05, 3.63) is 65.2 Å². The Balaban J connectivity index is 1.40. The first-order valence-corrected chi connectivity index (χ1v) is 17.0. The molecule has 1 saturated carbocycles. The summed E-state index contributed by atoms with van der Waals surface area (Å²) < 4.78 is 29.1. The quantitative estimate of drug-likeness (QED) is 0.133. The van der Waals surface area contributed by atoms with Crippen LogP contribution in [0.3, 0.4) is 0 Å². The van der Waals surface area contributed by atoms with Gasteiger partial charge in [-0.2, -0.15) is 0 Å². The Bertz CT molecular complexity index is 1590. The Morgan fingerprint density at radius 3 is 2.52 bits per heavy atom. The zero-order chi connectivity index (χ0) is 32.4. The van der Waals surface area contributed by atoms with Gasteiger partial charge < -0.3 is 23.7 Å². The number of hydrogen-bond acceptors (Lipinski definition) is 8. The predicted octanol–water partition coefficient (Wildman–Crippen LogP) is 8.06. The van der Waals surface area contributed by atoms with Gasteiger partial charge >= 0.3 is 12.2 Å². The summed E-state index contributed by atoms with van der Waals surface area (Å²) in [6, 6.07) is 15.6. The molecular weight excluding hydrogens is 701 g/mol. The molecule has 0 spiro atoms. The highest BCUT2D eigenvalue weighted by molar-refractivity contribution is 14.1. The van der Waals surface area contributed by atoms with Crippen LogP contribution in [0.25, 0.3) is 11.3 Å². The van der Waals surface area contributed by atoms with Gasteiger partial charge in [-0.3, -0.25) is 10.2 Å². The molecule has 2 fully saturated rings. The summed E-state index contributed by atoms with van der Waals surface area (Å²) in [5.74, 6) is 2.99. The zero-order valence-electron chi connectivity index (χ0n) is 26.6. The maximum absolute atomic E-state index is 13.2. The summed E-state index contributed by atoms with van der Waals surface area (Å²) >= 11 is 2.34. The van der Waals surface area contributed by atoms with E-state index in [1.807, 2.05) is 69.3 Å². The van der Waals surface area contributed by atoms with E-state index >= 15 is 0 Å². The number of carbonyl (C=O) groups is 2. The third kappa shape index (κ3) is 7.45. The number of alkyl halides is 1. The number of nitrogens with zero attached hydrogens (tertiary/aromatic N) is 2. The highest BCUT2D eigenvalue weighted by Gasteiger charge is 2.38. The average molecular weight is 742 g/mol. The van der Waals surface area contributed by atoms with Crippen molar-refractivity contribution in [2.75, 3.05) is 25.6 Å². The molecule has 2 amide bonds. The Kier molecular flexibility index (Phi) is 9.49. The summed E-state index contributed by atoms with van der Waals surface area (Å²) in [4.78, 5) is 32.4. The largest absolute Gasteiger partial charge is 0.497 e. The minimum absolute atomic E-state index is 0.0563. The minimum atomic E-state index is -0.603. The first-order valence-electron chi connectivity index (χ1n) is 15.7. The molecule has 1 aromatic heterocycles. The molecule has 3 aliphatic rings. The fourth-order valence-corrected chi connectivity index (χ4v) is 6.98. The van der Waals surface area contributed by atoms with Crippen LogP contribution in [0, 0.1) is 5.92 Å². The Morgan fingerprint density at radius 1 is 1.09 bits per heavy atom. The number of nitrogens with one attached hydrogen (secondary N) is 1. The van der Waals surface area contributed by atoms with Crippen LogP contribution in [0.1, 0.15) is 69.1 Å². The molecule has 1 aliphatic carbocycles. The number of ether oxygens (including phenoxy) is 5. The van der Waals surface area contributed by atoms with Gasteiger partial charge in [0, 0.05) is 18.0 Å². The van der Waals surface area contributed by atoms with Crippen LogP contribution < -0.4 is 19.5 Å². The van der Waals surface area contributed by atoms with Gasteiger partial charge in [0.1, 0.15) is 41.9 Å². The fourth-order valence-electron chi connectivity index (χ4n) is 5.73. The molecule has 0 radical (unpaired) electrons. The van der Waals surface area contributed by atoms with E-state index < -0.39 is 11.7 Å². The average Bonchev–Trinajstić information content (AvgIpc) is 3.86. The van der Waals surface area contributed by atoms with E-state index in [0.29, 0.717) is 54.3 Å². The van der Waals surface area contributed by atoms with Crippen molar-refractivity contribution in [3.8, 4) is 28.5 Å². The minimum Gasteiger partial charge on any atom is -0.497 e. The lowest BCUT2D eigenvalue weighted by atomic mass is 9.86. The van der Waals surface area contributed by atoms with E-state index in [1.54, 1.807) is 12.0 Å². The summed E-state index contributed by atoms with van der Waals surface area (Å²) in [6.45, 7) is 7.25. The molecule has 2 aromatic carbocycles. The lowest BCUT2D eigenvalue weighted by Gasteiger charge is -2.40. The lowest BCUT2D eigenvalue weighted by Crippen LogP contribution is -2.46. The molecule has 1 saturated heterocycles. The molecule has 0 bridgehead atoms. The standard InChI is InChI=1S/C35H40IN3O7/c1-35(2,3)46-34(41)39-16-6-7-24(31(39)36)25-17-27(37-32-26(25)20-45-33(40)38-32)30-28(43-18-21-10-11-21)8-5-9-29(30)44-19-22-12-14-23(42-4)15-13-22/h5,8-9,12-15,17,21,24,31H,6-7,10-11,16,18-20H2,1-4H3,(H,37,38,40). The predicted molar refractivity (Wildman–Crippen MR) is 182 cm³/mol. The molecule has 244 valence electrons. The monoisotopic (exact) mass is 741 g/mol. The molecule has 2 unspecified atom stereocenters. The number of rotatable bonds is 9. The number of cyclic esters (lactones) is 1. The first kappa shape index (κ1) is 32.2. The van der Waals surface area contributed by atoms with Crippen molar-refractivity contribution in [2.45, 2.75) is 75.2 Å². The molecule has 3 heterocycles. The molecule has 3 aromatic rings. The van der Waals surface area contributed by atoms with E-state index in [9.17, 15) is 9.59 Å². The van der Waals surface area contributed by atoms with Crippen molar-refractivity contribution in [1.29, 1.82) is 0 Å². The van der Waals surface area contributed by atoms with Crippen LogP contribution in [0.2, 0.25) is 0 Å². The van der Waals surface area contributed by atoms with Gasteiger partial charge in [0.2, 0.25) is 0 Å². The summed E-state index contributed by atoms with van der Waals surface area (Å²) in [6.07, 6.45) is 3.07. The molecular formula is C35H40IN3O7. The van der Waals surface area contributed by atoms with E-state index in [1.165, 1.54) is 0 Å². The molecule has 2 aliphatic heterocycles. The summed E-state index contributed by atoms with van der Waals surface area (Å²) in [5.41, 5.74) is 3.48. The molecule has 1 N–H and O–H groups in total. The number of hydrogen-bond donors (Lipinski definition) is 1. The van der Waals surface area contributed by atoms with Gasteiger partial charge in [0.05, 0.1) is 29.0 Å². The number of methoxy groups -OCH3 is 1. The van der Waals surface area contributed by atoms with Crippen molar-refractivity contribution in [2.24, 2.45) is 5.92 Å². The second-order valence-electron chi connectivity index (χ2n) is 12.9. The SMILES string of the molecule is COc1ccc(COc2cccc(OCC3CC3)c2-c2cc(C3CCCN(C(=O)OC(C)(C)C)C3I)c3c(n2)NC(=O)OC3)cc1. The lowest BCUT2D eigenvalue weighted by molar-refractivity contribution is 0.0179. The van der Waals surface area contributed by atoms with Gasteiger partial charge in [-0.25, -0.2) is 14.6 Å². The summed E-state index contributed by atoms with van der Waals surface area (Å²) in [7, 11) is 1.64. The van der Waals surface area contributed by atoms with E-state index in [0.717, 1.165) is 48.1 Å². The van der Waals surface area contributed by atoms with Gasteiger partial charge in [-0.05, 0) is 93.8 Å². The van der Waals surface area contributed by atoms with Crippen molar-refractivity contribution in [1.82, 2.24) is 9.88 Å². The van der Waals surface area contributed by atoms with E-state index in [-0.39, 0.29) is 22.7 Å². The van der Waals surface area contributed by atoms with Crippen molar-refractivity contribution in [3.63, 3.8) is 0 Å². The third-order valence-electron chi connectivity index (χ3n) is 8.27. The molecule has 11 heteroatoms. The van der Waals surface area contributed by atoms with Crippen LogP contribution in [-0.4, -0.2) is 52.0 Å². The molecule has 2 atom stereocenters. The topological polar surface area (TPSA) is 108 Å². The first-order chi connectivity index (χ1) is 22.1. The highest BCUT2D eigenvalue weighted by atomic mass is 127. The molecule has 6 rings (SSSR count). The summed E-state index contributed by atoms with van der Waals surface area (Å²) in [5, 5.41) is 2.82. The van der Waals surface area contributed by atoms with E-state index in [2.05, 4.69) is 27.9 Å². The maximum Gasteiger partial charge on any atom is 0.413 e. The van der Waals surface area contributed by atoms with Gasteiger partial charge in [0.15, 0.2) is 0 Å². The number of pyridine rings is 1. The third-order valence-corrected chi connectivity index (χ3v) is 9.81. The van der Waals surface area contributed by atoms with Gasteiger partial charge in [-0.1, -0.05) is 40.8 Å². The number of piperidine rings is 1. The highest BCUT2D eigenvalue weighted by Crippen LogP contribution is 2.45. The van der Waals surface area contributed by atoms with Crippen LogP contribution in [0.4, 0.5) is 15.4 Å². The van der Waals surface area contributed by atoms with Crippen LogP contribution in [-0.2, 0) is 22.7 Å². The maximum atomic E-state index is 13.2.